The second-order valence-electron chi connectivity index (χ2n) is 2.76. The number of alkyl halides is 4. The lowest BCUT2D eigenvalue weighted by Gasteiger charge is -2.39. The molecule has 2 nitrogen and oxygen atoms in total. The third kappa shape index (κ3) is 2.08. The quantitative estimate of drug-likeness (QED) is 0.574. The van der Waals surface area contributed by atoms with E-state index in [0.717, 1.165) is 0 Å². The molecule has 6 heteroatoms. The fraction of sp³-hybridized carbons (Fsp3) is 1.00. The zero-order valence-corrected chi connectivity index (χ0v) is 12.2. The third-order valence-electron chi connectivity index (χ3n) is 1.92. The van der Waals surface area contributed by atoms with Crippen molar-refractivity contribution in [3.8, 4) is 0 Å². The van der Waals surface area contributed by atoms with E-state index in [0.29, 0.717) is 0 Å². The van der Waals surface area contributed by atoms with Crippen molar-refractivity contribution in [3.05, 3.63) is 0 Å². The summed E-state index contributed by atoms with van der Waals surface area (Å²) in [5, 5.41) is 19.1. The van der Waals surface area contributed by atoms with E-state index in [1.807, 2.05) is 0 Å². The van der Waals surface area contributed by atoms with E-state index in [1.165, 1.54) is 0 Å². The summed E-state index contributed by atoms with van der Waals surface area (Å²) in [5.74, 6) is 0. The van der Waals surface area contributed by atoms with Gasteiger partial charge in [-0.25, -0.2) is 0 Å². The Balaban J connectivity index is 2.76. The summed E-state index contributed by atoms with van der Waals surface area (Å²) in [6.07, 6.45) is -1.49. The Labute approximate surface area is 105 Å². The first-order chi connectivity index (χ1) is 5.46. The number of rotatable bonds is 0. The van der Waals surface area contributed by atoms with Gasteiger partial charge in [-0.05, 0) is 0 Å². The van der Waals surface area contributed by atoms with E-state index in [4.69, 9.17) is 0 Å². The highest BCUT2D eigenvalue weighted by molar-refractivity contribution is 9.14. The molecule has 0 aromatic carbocycles. The highest BCUT2D eigenvalue weighted by Crippen LogP contribution is 2.38. The van der Waals surface area contributed by atoms with Crippen LogP contribution in [0.3, 0.4) is 0 Å². The highest BCUT2D eigenvalue weighted by Gasteiger charge is 2.45. The summed E-state index contributed by atoms with van der Waals surface area (Å²) in [4.78, 5) is -0.0723. The zero-order valence-electron chi connectivity index (χ0n) is 5.87. The molecule has 72 valence electrons. The molecule has 0 heterocycles. The largest absolute Gasteiger partial charge is 0.389 e. The van der Waals surface area contributed by atoms with Crippen molar-refractivity contribution in [1.82, 2.24) is 0 Å². The average molecular weight is 432 g/mol. The second kappa shape index (κ2) is 4.57. The van der Waals surface area contributed by atoms with E-state index in [2.05, 4.69) is 63.7 Å². The fourth-order valence-electron chi connectivity index (χ4n) is 1.10. The molecule has 2 N–H and O–H groups in total. The Morgan fingerprint density at radius 2 is 0.833 bits per heavy atom. The van der Waals surface area contributed by atoms with Gasteiger partial charge in [0.05, 0.1) is 21.9 Å². The number of hydrogen-bond donors (Lipinski definition) is 2. The summed E-state index contributed by atoms with van der Waals surface area (Å²) in [7, 11) is 0. The van der Waals surface area contributed by atoms with Gasteiger partial charge in [-0.3, -0.25) is 0 Å². The van der Waals surface area contributed by atoms with Crippen molar-refractivity contribution in [2.24, 2.45) is 0 Å². The van der Waals surface area contributed by atoms with Gasteiger partial charge in [0.2, 0.25) is 0 Å². The Morgan fingerprint density at radius 1 is 0.583 bits per heavy atom. The van der Waals surface area contributed by atoms with Gasteiger partial charge in [-0.1, -0.05) is 63.7 Å². The van der Waals surface area contributed by atoms with Crippen molar-refractivity contribution < 1.29 is 10.2 Å². The molecule has 12 heavy (non-hydrogen) atoms. The number of halogens is 4. The molecule has 1 aliphatic rings. The van der Waals surface area contributed by atoms with Crippen LogP contribution < -0.4 is 0 Å². The lowest BCUT2D eigenvalue weighted by atomic mass is 9.94. The predicted octanol–water partition coefficient (Wildman–Crippen LogP) is 1.78. The number of aliphatic hydroxyl groups excluding tert-OH is 2. The maximum Gasteiger partial charge on any atom is 0.0946 e. The molecule has 0 radical (unpaired) electrons. The lowest BCUT2D eigenvalue weighted by molar-refractivity contribution is 0.00688. The molecule has 0 aliphatic heterocycles. The van der Waals surface area contributed by atoms with E-state index in [-0.39, 0.29) is 19.3 Å². The molecule has 0 bridgehead atoms. The Morgan fingerprint density at radius 3 is 1.08 bits per heavy atom. The van der Waals surface area contributed by atoms with Crippen LogP contribution in [0.25, 0.3) is 0 Å². The fourth-order valence-corrected chi connectivity index (χ4v) is 4.49. The van der Waals surface area contributed by atoms with Gasteiger partial charge in [0.1, 0.15) is 0 Å². The minimum atomic E-state index is -0.743. The molecule has 0 spiro atoms. The molecule has 1 rings (SSSR count). The summed E-state index contributed by atoms with van der Waals surface area (Å²) in [6.45, 7) is 0. The van der Waals surface area contributed by atoms with Crippen molar-refractivity contribution in [2.75, 3.05) is 0 Å². The van der Waals surface area contributed by atoms with Crippen LogP contribution in [0, 0.1) is 0 Å². The second-order valence-corrected chi connectivity index (χ2v) is 6.99. The van der Waals surface area contributed by atoms with Crippen molar-refractivity contribution >= 4 is 63.7 Å². The van der Waals surface area contributed by atoms with E-state index in [1.54, 1.807) is 0 Å². The van der Waals surface area contributed by atoms with Gasteiger partial charge in [-0.2, -0.15) is 0 Å². The molecule has 0 amide bonds. The molecule has 1 fully saturated rings. The first-order valence-corrected chi connectivity index (χ1v) is 7.05. The smallest absolute Gasteiger partial charge is 0.0946 e. The molecule has 0 aromatic heterocycles. The molecule has 1 saturated carbocycles. The van der Waals surface area contributed by atoms with E-state index < -0.39 is 12.2 Å². The molecular weight excluding hydrogens is 424 g/mol. The van der Waals surface area contributed by atoms with Crippen molar-refractivity contribution in [2.45, 2.75) is 31.5 Å². The summed E-state index contributed by atoms with van der Waals surface area (Å²) < 4.78 is 0. The molecular formula is C6H8Br4O2. The van der Waals surface area contributed by atoms with Crippen molar-refractivity contribution in [1.29, 1.82) is 0 Å². The molecule has 1 aliphatic carbocycles. The van der Waals surface area contributed by atoms with Gasteiger partial charge in [0.25, 0.3) is 0 Å². The monoisotopic (exact) mass is 428 g/mol. The lowest BCUT2D eigenvalue weighted by Crippen LogP contribution is -2.55. The van der Waals surface area contributed by atoms with E-state index >= 15 is 0 Å². The minimum absolute atomic E-state index is 0.0975. The van der Waals surface area contributed by atoms with Crippen LogP contribution in [-0.2, 0) is 0 Å². The topological polar surface area (TPSA) is 40.5 Å². The van der Waals surface area contributed by atoms with Crippen LogP contribution in [0.1, 0.15) is 0 Å². The van der Waals surface area contributed by atoms with Crippen LogP contribution >= 0.6 is 63.7 Å². The summed E-state index contributed by atoms with van der Waals surface area (Å²) in [6, 6.07) is 0. The molecule has 0 aromatic rings. The number of hydrogen-bond acceptors (Lipinski definition) is 2. The zero-order chi connectivity index (χ0) is 9.46. The first-order valence-electron chi connectivity index (χ1n) is 3.39. The maximum atomic E-state index is 9.53. The van der Waals surface area contributed by atoms with Gasteiger partial charge < -0.3 is 10.2 Å². The standard InChI is InChI=1S/C6H8Br4O2/c7-1-2(8)4(10)6(12)5(11)3(1)9/h1-6,11-12H. The van der Waals surface area contributed by atoms with Gasteiger partial charge in [-0.15, -0.1) is 0 Å². The Bertz CT molecular complexity index is 109. The minimum Gasteiger partial charge on any atom is -0.389 e. The highest BCUT2D eigenvalue weighted by atomic mass is 79.9. The number of aliphatic hydroxyl groups is 2. The maximum absolute atomic E-state index is 9.53. The van der Waals surface area contributed by atoms with Crippen LogP contribution in [-0.4, -0.2) is 41.7 Å². The summed E-state index contributed by atoms with van der Waals surface area (Å²) in [5.41, 5.74) is 0. The normalized spacial score (nSPS) is 55.5. The van der Waals surface area contributed by atoms with Crippen LogP contribution in [0.15, 0.2) is 0 Å². The molecule has 6 unspecified atom stereocenters. The van der Waals surface area contributed by atoms with Gasteiger partial charge in [0, 0.05) is 9.65 Å². The van der Waals surface area contributed by atoms with Gasteiger partial charge >= 0.3 is 0 Å². The predicted molar refractivity (Wildman–Crippen MR) is 62.9 cm³/mol. The van der Waals surface area contributed by atoms with Gasteiger partial charge in [0.15, 0.2) is 0 Å². The van der Waals surface area contributed by atoms with Crippen molar-refractivity contribution in [3.63, 3.8) is 0 Å². The Kier molecular flexibility index (Phi) is 4.54. The Hall–Kier alpha value is 1.84. The van der Waals surface area contributed by atoms with Crippen LogP contribution in [0.5, 0.6) is 0 Å². The average Bonchev–Trinajstić information content (AvgIpc) is 2.08. The van der Waals surface area contributed by atoms with Crippen LogP contribution in [0.2, 0.25) is 0 Å². The molecule has 6 atom stereocenters. The third-order valence-corrected chi connectivity index (χ3v) is 8.54. The van der Waals surface area contributed by atoms with E-state index in [9.17, 15) is 10.2 Å². The first kappa shape index (κ1) is 11.9. The molecule has 0 saturated heterocycles. The SMILES string of the molecule is OC1C(O)C(Br)C(Br)C(Br)C1Br. The van der Waals surface area contributed by atoms with Crippen LogP contribution in [0.4, 0.5) is 0 Å². The summed E-state index contributed by atoms with van der Waals surface area (Å²) >= 11 is 13.5.